The number of fused-ring (bicyclic) bond motifs is 3. The lowest BCUT2D eigenvalue weighted by molar-refractivity contribution is -0.184. The Hall–Kier alpha value is -4.26. The smallest absolute Gasteiger partial charge is 0.417 e. The summed E-state index contributed by atoms with van der Waals surface area (Å²) < 4.78 is 5.34. The number of phenols is 1. The number of nitrogens with zero attached hydrogens (tertiary/aromatic N) is 1. The van der Waals surface area contributed by atoms with Gasteiger partial charge in [-0.2, -0.15) is 0 Å². The molecule has 2 fully saturated rings. The first-order chi connectivity index (χ1) is 19.3. The maximum atomic E-state index is 13.9. The maximum Gasteiger partial charge on any atom is 0.417 e. The molecule has 0 aromatic heterocycles. The number of anilines is 1. The third-order valence-electron chi connectivity index (χ3n) is 8.44. The number of ketones is 2. The molecule has 0 aliphatic heterocycles. The van der Waals surface area contributed by atoms with Crippen LogP contribution in [-0.4, -0.2) is 80.7 Å². The maximum absolute atomic E-state index is 13.9. The zero-order valence-electron chi connectivity index (χ0n) is 22.6. The number of primary amides is 1. The van der Waals surface area contributed by atoms with E-state index in [1.807, 2.05) is 6.92 Å². The zero-order valence-corrected chi connectivity index (χ0v) is 22.6. The van der Waals surface area contributed by atoms with E-state index in [9.17, 15) is 39.6 Å². The number of aliphatic hydroxyl groups excluding tert-OH is 2. The van der Waals surface area contributed by atoms with Gasteiger partial charge in [0.2, 0.25) is 11.7 Å². The number of likely N-dealkylation sites (N-methyl/N-ethyl adjacent to an activating group) is 1. The van der Waals surface area contributed by atoms with Gasteiger partial charge in [0.15, 0.2) is 11.4 Å². The number of ether oxygens (including phenoxy) is 1. The van der Waals surface area contributed by atoms with Crippen molar-refractivity contribution in [3.05, 3.63) is 58.7 Å². The zero-order chi connectivity index (χ0) is 30.0. The van der Waals surface area contributed by atoms with Crippen molar-refractivity contribution in [1.82, 2.24) is 4.90 Å². The van der Waals surface area contributed by atoms with Crippen LogP contribution in [0.4, 0.5) is 10.5 Å². The van der Waals surface area contributed by atoms with Crippen molar-refractivity contribution in [3.8, 4) is 11.5 Å². The van der Waals surface area contributed by atoms with Crippen molar-refractivity contribution in [1.29, 1.82) is 0 Å². The number of carbonyl (C=O) groups excluding carboxylic acids is 4. The van der Waals surface area contributed by atoms with Crippen LogP contribution in [0.2, 0.25) is 0 Å². The SMILES string of the molecule is Cc1ccc(OC(=O)Nc2ccc(O)c3c2CC2CC4[C@H](N(C)C)C(O)C(C(N)=O)C(=O)[C@@]4(O)C(=O)C2=C3O)cc1. The average Bonchev–Trinajstić information content (AvgIpc) is 2.89. The van der Waals surface area contributed by atoms with E-state index in [0.29, 0.717) is 11.3 Å². The first-order valence-corrected chi connectivity index (χ1v) is 13.1. The fraction of sp³-hybridized carbons (Fsp3) is 0.379. The fourth-order valence-electron chi connectivity index (χ4n) is 6.57. The molecule has 5 rings (SSSR count). The number of aliphatic hydroxyl groups is 3. The molecule has 0 saturated heterocycles. The summed E-state index contributed by atoms with van der Waals surface area (Å²) in [5, 5.41) is 47.2. The van der Waals surface area contributed by atoms with Gasteiger partial charge in [0, 0.05) is 23.2 Å². The lowest BCUT2D eigenvalue weighted by Gasteiger charge is -2.53. The number of nitrogens with one attached hydrogen (secondary N) is 1. The highest BCUT2D eigenvalue weighted by Gasteiger charge is 2.67. The van der Waals surface area contributed by atoms with Gasteiger partial charge >= 0.3 is 6.09 Å². The van der Waals surface area contributed by atoms with Gasteiger partial charge in [-0.05, 0) is 69.6 Å². The van der Waals surface area contributed by atoms with Crippen LogP contribution in [0.3, 0.4) is 0 Å². The van der Waals surface area contributed by atoms with Crippen molar-refractivity contribution in [3.63, 3.8) is 0 Å². The summed E-state index contributed by atoms with van der Waals surface area (Å²) in [5.41, 5.74) is 3.73. The summed E-state index contributed by atoms with van der Waals surface area (Å²) in [6.45, 7) is 1.89. The van der Waals surface area contributed by atoms with Crippen LogP contribution in [0.5, 0.6) is 11.5 Å². The number of nitrogens with two attached hydrogens (primary N) is 1. The summed E-state index contributed by atoms with van der Waals surface area (Å²) in [6, 6.07) is 8.44. The molecule has 6 atom stereocenters. The largest absolute Gasteiger partial charge is 0.507 e. The van der Waals surface area contributed by atoms with Gasteiger partial charge in [-0.15, -0.1) is 0 Å². The summed E-state index contributed by atoms with van der Waals surface area (Å²) in [5.74, 6) is -8.03. The van der Waals surface area contributed by atoms with Crippen LogP contribution in [0, 0.1) is 24.7 Å². The molecule has 3 aliphatic rings. The second-order valence-electron chi connectivity index (χ2n) is 11.1. The predicted octanol–water partition coefficient (Wildman–Crippen LogP) is 1.05. The first kappa shape index (κ1) is 28.3. The van der Waals surface area contributed by atoms with Crippen LogP contribution in [0.25, 0.3) is 5.76 Å². The number of carbonyl (C=O) groups is 4. The number of hydrogen-bond acceptors (Lipinski definition) is 10. The van der Waals surface area contributed by atoms with Gasteiger partial charge in [-0.25, -0.2) is 4.79 Å². The predicted molar refractivity (Wildman–Crippen MR) is 145 cm³/mol. The van der Waals surface area contributed by atoms with Crippen LogP contribution in [0.1, 0.15) is 23.1 Å². The Kier molecular flexibility index (Phi) is 6.88. The summed E-state index contributed by atoms with van der Waals surface area (Å²) in [6.07, 6.45) is -2.41. The van der Waals surface area contributed by atoms with E-state index in [0.717, 1.165) is 5.56 Å². The van der Waals surface area contributed by atoms with Gasteiger partial charge in [-0.3, -0.25) is 19.7 Å². The molecule has 216 valence electrons. The third-order valence-corrected chi connectivity index (χ3v) is 8.44. The number of hydrogen-bond donors (Lipinski definition) is 6. The molecule has 12 heteroatoms. The monoisotopic (exact) mass is 565 g/mol. The van der Waals surface area contributed by atoms with Crippen molar-refractivity contribution < 1.29 is 44.3 Å². The minimum Gasteiger partial charge on any atom is -0.507 e. The van der Waals surface area contributed by atoms with E-state index in [4.69, 9.17) is 10.5 Å². The fourth-order valence-corrected chi connectivity index (χ4v) is 6.57. The van der Waals surface area contributed by atoms with E-state index in [1.54, 1.807) is 38.4 Å². The highest BCUT2D eigenvalue weighted by molar-refractivity contribution is 6.25. The van der Waals surface area contributed by atoms with Gasteiger partial charge < -0.3 is 35.8 Å². The lowest BCUT2D eigenvalue weighted by atomic mass is 9.54. The number of rotatable bonds is 4. The van der Waals surface area contributed by atoms with Crippen molar-refractivity contribution in [2.45, 2.75) is 37.5 Å². The Bertz CT molecular complexity index is 1500. The van der Waals surface area contributed by atoms with Gasteiger partial charge in [0.25, 0.3) is 0 Å². The molecule has 0 bridgehead atoms. The van der Waals surface area contributed by atoms with Crippen LogP contribution in [0.15, 0.2) is 42.0 Å². The number of amides is 2. The first-order valence-electron chi connectivity index (χ1n) is 13.1. The number of aromatic hydroxyl groups is 1. The van der Waals surface area contributed by atoms with Crippen molar-refractivity contribution in [2.24, 2.45) is 23.5 Å². The molecule has 41 heavy (non-hydrogen) atoms. The highest BCUT2D eigenvalue weighted by atomic mass is 16.6. The third kappa shape index (κ3) is 4.35. The molecule has 4 unspecified atom stereocenters. The van der Waals surface area contributed by atoms with Crippen molar-refractivity contribution >= 4 is 35.0 Å². The Morgan fingerprint density at radius 3 is 2.37 bits per heavy atom. The molecule has 2 aromatic rings. The number of benzene rings is 2. The van der Waals surface area contributed by atoms with Crippen LogP contribution >= 0.6 is 0 Å². The Labute approximate surface area is 235 Å². The Morgan fingerprint density at radius 1 is 1.10 bits per heavy atom. The van der Waals surface area contributed by atoms with Gasteiger partial charge in [0.1, 0.15) is 23.2 Å². The number of phenolic OH excluding ortho intramolecular Hbond substituents is 1. The summed E-state index contributed by atoms with van der Waals surface area (Å²) in [4.78, 5) is 53.6. The molecule has 2 saturated carbocycles. The molecule has 7 N–H and O–H groups in total. The molecule has 3 aliphatic carbocycles. The highest BCUT2D eigenvalue weighted by Crippen LogP contribution is 2.53. The topological polar surface area (TPSA) is 200 Å². The Balaban J connectivity index is 1.56. The molecule has 0 spiro atoms. The number of Topliss-reactive ketones (excluding diaryl/α,β-unsaturated/α-hetero) is 2. The van der Waals surface area contributed by atoms with Crippen LogP contribution < -0.4 is 15.8 Å². The van der Waals surface area contributed by atoms with Gasteiger partial charge in [-0.1, -0.05) is 17.7 Å². The molecule has 2 amide bonds. The molecular weight excluding hydrogens is 534 g/mol. The quantitative estimate of drug-likeness (QED) is 0.230. The van der Waals surface area contributed by atoms with Crippen LogP contribution in [-0.2, 0) is 20.8 Å². The minimum absolute atomic E-state index is 0.0330. The minimum atomic E-state index is -2.74. The summed E-state index contributed by atoms with van der Waals surface area (Å²) in [7, 11) is 3.15. The second kappa shape index (κ2) is 9.98. The summed E-state index contributed by atoms with van der Waals surface area (Å²) >= 11 is 0. The molecule has 0 radical (unpaired) electrons. The lowest BCUT2D eigenvalue weighted by Crippen LogP contribution is -2.73. The van der Waals surface area contributed by atoms with E-state index in [2.05, 4.69) is 5.32 Å². The molecule has 0 heterocycles. The number of aryl methyl sites for hydroxylation is 1. The molecular formula is C29H31N3O9. The normalized spacial score (nSPS) is 29.0. The van der Waals surface area contributed by atoms with Gasteiger partial charge in [0.05, 0.1) is 11.7 Å². The van der Waals surface area contributed by atoms with Crippen molar-refractivity contribution in [2.75, 3.05) is 19.4 Å². The van der Waals surface area contributed by atoms with E-state index < -0.39 is 70.6 Å². The van der Waals surface area contributed by atoms with E-state index >= 15 is 0 Å². The molecule has 2 aromatic carbocycles. The average molecular weight is 566 g/mol. The Morgan fingerprint density at radius 2 is 1.76 bits per heavy atom. The standard InChI is InChI=1S/C29H31N3O9/c1-12-4-6-14(7-5-12)41-28(39)31-17-8-9-18(33)20-15(17)10-13-11-16-22(32(2)3)24(35)21(27(30)38)26(37)29(16,40)25(36)19(13)23(20)34/h4-9,13,16,21-22,24,33-35,40H,10-11H2,1-3H3,(H2,30,38)(H,31,39)/t13?,16?,21?,22-,24?,29-/m0/s1. The molecule has 12 nitrogen and oxygen atoms in total. The second-order valence-corrected chi connectivity index (χ2v) is 11.1. The van der Waals surface area contributed by atoms with E-state index in [1.165, 1.54) is 17.0 Å². The van der Waals surface area contributed by atoms with E-state index in [-0.39, 0.29) is 29.7 Å².